The highest BCUT2D eigenvalue weighted by atomic mass is 127. The minimum atomic E-state index is -0.238. The topological polar surface area (TPSA) is 63.5 Å². The Morgan fingerprint density at radius 3 is 2.47 bits per heavy atom. The molecule has 0 aliphatic carbocycles. The Bertz CT molecular complexity index is 979. The predicted molar refractivity (Wildman–Crippen MR) is 142 cm³/mol. The summed E-state index contributed by atoms with van der Waals surface area (Å²) in [5.74, 6) is 2.70. The van der Waals surface area contributed by atoms with Crippen molar-refractivity contribution in [2.45, 2.75) is 45.9 Å². The third-order valence-electron chi connectivity index (χ3n) is 4.70. The van der Waals surface area contributed by atoms with Crippen LogP contribution in [0.4, 0.5) is 0 Å². The molecule has 0 saturated heterocycles. The fraction of sp³-hybridized carbons (Fsp3) is 0.360. The number of hydrogen-bond donors (Lipinski definition) is 2. The van der Waals surface area contributed by atoms with Crippen LogP contribution in [0, 0.1) is 0 Å². The summed E-state index contributed by atoms with van der Waals surface area (Å²) in [6.07, 6.45) is 4.70. The van der Waals surface area contributed by atoms with Crippen molar-refractivity contribution in [3.8, 4) is 5.75 Å². The van der Waals surface area contributed by atoms with Crippen molar-refractivity contribution >= 4 is 29.9 Å². The van der Waals surface area contributed by atoms with Gasteiger partial charge in [-0.15, -0.1) is 24.0 Å². The Hall–Kier alpha value is -2.55. The highest BCUT2D eigenvalue weighted by Crippen LogP contribution is 2.22. The van der Waals surface area contributed by atoms with E-state index in [1.54, 1.807) is 7.05 Å². The molecule has 6 nitrogen and oxygen atoms in total. The van der Waals surface area contributed by atoms with Gasteiger partial charge in [0.15, 0.2) is 5.96 Å². The zero-order chi connectivity index (χ0) is 22.1. The summed E-state index contributed by atoms with van der Waals surface area (Å²) in [6.45, 7) is 8.37. The third-order valence-corrected chi connectivity index (χ3v) is 4.70. The van der Waals surface area contributed by atoms with Gasteiger partial charge in [-0.05, 0) is 32.4 Å². The van der Waals surface area contributed by atoms with Crippen molar-refractivity contribution in [3.63, 3.8) is 0 Å². The Balaban J connectivity index is 0.00000363. The fourth-order valence-electron chi connectivity index (χ4n) is 3.26. The number of ether oxygens (including phenoxy) is 1. The maximum absolute atomic E-state index is 6.08. The van der Waals surface area contributed by atoms with Crippen LogP contribution in [-0.4, -0.2) is 34.7 Å². The van der Waals surface area contributed by atoms with Gasteiger partial charge in [0.05, 0.1) is 0 Å². The summed E-state index contributed by atoms with van der Waals surface area (Å²) >= 11 is 0. The van der Waals surface area contributed by atoms with E-state index < -0.39 is 0 Å². The Labute approximate surface area is 208 Å². The lowest BCUT2D eigenvalue weighted by atomic mass is 10.1. The van der Waals surface area contributed by atoms with E-state index in [2.05, 4.69) is 76.3 Å². The maximum atomic E-state index is 6.08. The van der Waals surface area contributed by atoms with Crippen LogP contribution in [0.1, 0.15) is 37.7 Å². The molecule has 0 atom stereocenters. The number of aliphatic imine (C=N–C) groups is 1. The second kappa shape index (κ2) is 12.5. The van der Waals surface area contributed by atoms with Crippen LogP contribution >= 0.6 is 24.0 Å². The summed E-state index contributed by atoms with van der Waals surface area (Å²) in [7, 11) is 1.78. The predicted octanol–water partition coefficient (Wildman–Crippen LogP) is 4.63. The first kappa shape index (κ1) is 25.7. The molecule has 7 heteroatoms. The van der Waals surface area contributed by atoms with Crippen LogP contribution in [-0.2, 0) is 19.5 Å². The average Bonchev–Trinajstić information content (AvgIpc) is 3.18. The molecule has 0 aliphatic heterocycles. The molecular formula is C25H34IN5O. The average molecular weight is 547 g/mol. The van der Waals surface area contributed by atoms with E-state index in [0.29, 0.717) is 6.54 Å². The number of rotatable bonds is 8. The summed E-state index contributed by atoms with van der Waals surface area (Å²) in [5, 5.41) is 6.76. The first-order chi connectivity index (χ1) is 14.9. The van der Waals surface area contributed by atoms with Crippen LogP contribution in [0.5, 0.6) is 5.75 Å². The van der Waals surface area contributed by atoms with Crippen LogP contribution in [0.15, 0.2) is 72.0 Å². The van der Waals surface area contributed by atoms with Gasteiger partial charge in [-0.2, -0.15) is 0 Å². The number of hydrogen-bond acceptors (Lipinski definition) is 3. The summed E-state index contributed by atoms with van der Waals surface area (Å²) in [6, 6.07) is 18.5. The van der Waals surface area contributed by atoms with E-state index in [-0.39, 0.29) is 29.6 Å². The molecule has 0 aliphatic rings. The molecule has 2 N–H and O–H groups in total. The number of nitrogens with zero attached hydrogens (tertiary/aromatic N) is 3. The number of guanidine groups is 1. The van der Waals surface area contributed by atoms with Gasteiger partial charge in [0.25, 0.3) is 0 Å². The smallest absolute Gasteiger partial charge is 0.191 e. The van der Waals surface area contributed by atoms with Crippen molar-refractivity contribution in [1.29, 1.82) is 0 Å². The Kier molecular flexibility index (Phi) is 10.0. The Morgan fingerprint density at radius 2 is 1.75 bits per heavy atom. The van der Waals surface area contributed by atoms with E-state index in [0.717, 1.165) is 42.6 Å². The van der Waals surface area contributed by atoms with E-state index in [1.165, 1.54) is 5.56 Å². The van der Waals surface area contributed by atoms with E-state index >= 15 is 0 Å². The second-order valence-corrected chi connectivity index (χ2v) is 8.38. The first-order valence-corrected chi connectivity index (χ1v) is 10.7. The number of nitrogens with one attached hydrogen (secondary N) is 2. The molecule has 1 heterocycles. The van der Waals surface area contributed by atoms with E-state index in [1.807, 2.05) is 36.7 Å². The minimum absolute atomic E-state index is 0. The highest BCUT2D eigenvalue weighted by molar-refractivity contribution is 14.0. The second-order valence-electron chi connectivity index (χ2n) is 8.38. The summed E-state index contributed by atoms with van der Waals surface area (Å²) in [4.78, 5) is 8.86. The summed E-state index contributed by atoms with van der Waals surface area (Å²) < 4.78 is 8.27. The number of benzene rings is 2. The zero-order valence-electron chi connectivity index (χ0n) is 19.3. The Morgan fingerprint density at radius 1 is 1.03 bits per heavy atom. The van der Waals surface area contributed by atoms with Crippen LogP contribution in [0.25, 0.3) is 0 Å². The lowest BCUT2D eigenvalue weighted by Crippen LogP contribution is -2.38. The van der Waals surface area contributed by atoms with Gasteiger partial charge in [-0.25, -0.2) is 4.98 Å². The monoisotopic (exact) mass is 547 g/mol. The van der Waals surface area contributed by atoms with Crippen molar-refractivity contribution in [2.75, 3.05) is 13.6 Å². The van der Waals surface area contributed by atoms with Crippen molar-refractivity contribution in [1.82, 2.24) is 20.2 Å². The van der Waals surface area contributed by atoms with Gasteiger partial charge in [0, 0.05) is 51.1 Å². The minimum Gasteiger partial charge on any atom is -0.488 e. The fourth-order valence-corrected chi connectivity index (χ4v) is 3.26. The number of imidazole rings is 1. The molecule has 3 rings (SSSR count). The van der Waals surface area contributed by atoms with Gasteiger partial charge in [-0.3, -0.25) is 4.99 Å². The molecule has 2 aromatic carbocycles. The third kappa shape index (κ3) is 8.18. The van der Waals surface area contributed by atoms with Gasteiger partial charge < -0.3 is 19.9 Å². The number of para-hydroxylation sites is 1. The van der Waals surface area contributed by atoms with Crippen LogP contribution in [0.2, 0.25) is 0 Å². The molecule has 0 bridgehead atoms. The molecule has 172 valence electrons. The van der Waals surface area contributed by atoms with Crippen molar-refractivity contribution in [2.24, 2.45) is 4.99 Å². The van der Waals surface area contributed by atoms with Crippen molar-refractivity contribution < 1.29 is 4.74 Å². The van der Waals surface area contributed by atoms with Gasteiger partial charge in [-0.1, -0.05) is 48.5 Å². The molecule has 0 radical (unpaired) electrons. The van der Waals surface area contributed by atoms with Crippen LogP contribution in [0.3, 0.4) is 0 Å². The molecule has 0 saturated carbocycles. The zero-order valence-corrected chi connectivity index (χ0v) is 21.7. The van der Waals surface area contributed by atoms with E-state index in [9.17, 15) is 0 Å². The summed E-state index contributed by atoms with van der Waals surface area (Å²) in [5.41, 5.74) is 2.12. The molecule has 3 aromatic rings. The number of aromatic nitrogens is 2. The lowest BCUT2D eigenvalue weighted by molar-refractivity contribution is 0.129. The highest BCUT2D eigenvalue weighted by Gasteiger charge is 2.14. The standard InChI is InChI=1S/C25H33N5O.HI/c1-25(2,3)31-22-13-9-8-12-21(22)18-29-24(26-4)28-15-14-23-27-16-17-30(23)19-20-10-6-5-7-11-20;/h5-13,16-17H,14-15,18-19H2,1-4H3,(H2,26,28,29);1H. The SMILES string of the molecule is CN=C(NCCc1nccn1Cc1ccccc1)NCc1ccccc1OC(C)(C)C.I. The van der Waals surface area contributed by atoms with Gasteiger partial charge in [0.2, 0.25) is 0 Å². The molecule has 0 fully saturated rings. The normalized spacial score (nSPS) is 11.6. The largest absolute Gasteiger partial charge is 0.488 e. The molecule has 0 amide bonds. The van der Waals surface area contributed by atoms with Gasteiger partial charge in [0.1, 0.15) is 17.2 Å². The van der Waals surface area contributed by atoms with Gasteiger partial charge >= 0.3 is 0 Å². The molecule has 1 aromatic heterocycles. The maximum Gasteiger partial charge on any atom is 0.191 e. The van der Waals surface area contributed by atoms with E-state index in [4.69, 9.17) is 4.74 Å². The lowest BCUT2D eigenvalue weighted by Gasteiger charge is -2.23. The molecule has 0 unspecified atom stereocenters. The van der Waals surface area contributed by atoms with Crippen LogP contribution < -0.4 is 15.4 Å². The molecule has 32 heavy (non-hydrogen) atoms. The quantitative estimate of drug-likeness (QED) is 0.245. The van der Waals surface area contributed by atoms with Crippen molar-refractivity contribution in [3.05, 3.63) is 83.9 Å². The molecular weight excluding hydrogens is 513 g/mol. The molecule has 0 spiro atoms. The number of halogens is 1. The first-order valence-electron chi connectivity index (χ1n) is 10.7.